The van der Waals surface area contributed by atoms with Gasteiger partial charge in [-0.3, -0.25) is 9.10 Å². The molecule has 2 aliphatic heterocycles. The Morgan fingerprint density at radius 1 is 1.11 bits per heavy atom. The zero-order valence-corrected chi connectivity index (χ0v) is 16.9. The summed E-state index contributed by atoms with van der Waals surface area (Å²) in [4.78, 5) is 17.2. The first kappa shape index (κ1) is 20.1. The Balaban J connectivity index is 1.43. The molecule has 1 amide bonds. The van der Waals surface area contributed by atoms with E-state index < -0.39 is 10.0 Å². The number of hydrogen-bond donors (Lipinski definition) is 1. The van der Waals surface area contributed by atoms with Crippen LogP contribution in [0.2, 0.25) is 0 Å². The van der Waals surface area contributed by atoms with E-state index in [9.17, 15) is 13.2 Å². The summed E-state index contributed by atoms with van der Waals surface area (Å²) in [7, 11) is -1.07. The van der Waals surface area contributed by atoms with Crippen molar-refractivity contribution < 1.29 is 13.2 Å². The van der Waals surface area contributed by atoms with Crippen molar-refractivity contribution in [2.24, 2.45) is 0 Å². The lowest BCUT2D eigenvalue weighted by atomic mass is 10.2. The van der Waals surface area contributed by atoms with Crippen LogP contribution in [0.1, 0.15) is 29.6 Å². The number of carbonyl (C=O) groups excluding carboxylic acids is 1. The molecule has 2 fully saturated rings. The van der Waals surface area contributed by atoms with Gasteiger partial charge in [-0.25, -0.2) is 8.42 Å². The van der Waals surface area contributed by atoms with E-state index in [2.05, 4.69) is 22.2 Å². The van der Waals surface area contributed by atoms with Crippen LogP contribution in [0.25, 0.3) is 0 Å². The predicted molar refractivity (Wildman–Crippen MR) is 108 cm³/mol. The quantitative estimate of drug-likeness (QED) is 0.698. The second kappa shape index (κ2) is 9.03. The number of nitrogens with one attached hydrogen (secondary N) is 1. The van der Waals surface area contributed by atoms with Crippen molar-refractivity contribution in [3.05, 3.63) is 29.8 Å². The SMILES string of the molecule is CN1CCN(CCCCNC(=O)c2cccc(N3CCCS3(=O)=O)c2)CC1. The van der Waals surface area contributed by atoms with Crippen molar-refractivity contribution >= 4 is 21.6 Å². The summed E-state index contributed by atoms with van der Waals surface area (Å²) < 4.78 is 25.5. The number of amides is 1. The summed E-state index contributed by atoms with van der Waals surface area (Å²) in [5.74, 6) is 0.0320. The van der Waals surface area contributed by atoms with Crippen molar-refractivity contribution in [1.29, 1.82) is 0 Å². The molecule has 0 radical (unpaired) electrons. The van der Waals surface area contributed by atoms with Crippen LogP contribution in [0, 0.1) is 0 Å². The predicted octanol–water partition coefficient (Wildman–Crippen LogP) is 0.984. The minimum atomic E-state index is -3.23. The molecule has 0 atom stereocenters. The molecule has 0 bridgehead atoms. The number of benzene rings is 1. The molecule has 0 spiro atoms. The van der Waals surface area contributed by atoms with Crippen LogP contribution in [0.3, 0.4) is 0 Å². The molecule has 1 aromatic rings. The third-order valence-corrected chi connectivity index (χ3v) is 7.15. The van der Waals surface area contributed by atoms with Gasteiger partial charge in [-0.1, -0.05) is 6.07 Å². The Hall–Kier alpha value is -1.64. The summed E-state index contributed by atoms with van der Waals surface area (Å²) in [6, 6.07) is 6.88. The van der Waals surface area contributed by atoms with Gasteiger partial charge >= 0.3 is 0 Å². The molecule has 0 unspecified atom stereocenters. The molecule has 150 valence electrons. The monoisotopic (exact) mass is 394 g/mol. The maximum Gasteiger partial charge on any atom is 0.251 e. The molecule has 0 aliphatic carbocycles. The number of hydrogen-bond acceptors (Lipinski definition) is 5. The molecule has 0 saturated carbocycles. The molecule has 1 aromatic carbocycles. The number of sulfonamides is 1. The zero-order chi connectivity index (χ0) is 19.3. The maximum absolute atomic E-state index is 12.4. The molecule has 2 aliphatic rings. The molecule has 2 heterocycles. The van der Waals surface area contributed by atoms with E-state index in [0.29, 0.717) is 30.8 Å². The van der Waals surface area contributed by atoms with Crippen molar-refractivity contribution in [2.75, 3.05) is 62.9 Å². The van der Waals surface area contributed by atoms with Gasteiger partial charge in [0.15, 0.2) is 0 Å². The highest BCUT2D eigenvalue weighted by atomic mass is 32.2. The molecular formula is C19H30N4O3S. The average molecular weight is 395 g/mol. The third-order valence-electron chi connectivity index (χ3n) is 5.28. The van der Waals surface area contributed by atoms with Crippen LogP contribution in [-0.4, -0.2) is 82.7 Å². The normalized spacial score (nSPS) is 20.7. The standard InChI is InChI=1S/C19H30N4O3S/c1-21-11-13-22(14-12-21)9-3-2-8-20-19(24)17-6-4-7-18(16-17)23-10-5-15-27(23,25)26/h4,6-7,16H,2-3,5,8-15H2,1H3,(H,20,24). The van der Waals surface area contributed by atoms with Crippen molar-refractivity contribution in [2.45, 2.75) is 19.3 Å². The van der Waals surface area contributed by atoms with Crippen LogP contribution < -0.4 is 9.62 Å². The van der Waals surface area contributed by atoms with Gasteiger partial charge in [0.2, 0.25) is 10.0 Å². The molecule has 8 heteroatoms. The lowest BCUT2D eigenvalue weighted by Crippen LogP contribution is -2.44. The summed E-state index contributed by atoms with van der Waals surface area (Å²) in [5.41, 5.74) is 1.09. The number of likely N-dealkylation sites (N-methyl/N-ethyl adjacent to an activating group) is 1. The molecule has 3 rings (SSSR count). The van der Waals surface area contributed by atoms with Crippen molar-refractivity contribution in [3.63, 3.8) is 0 Å². The van der Waals surface area contributed by atoms with Gasteiger partial charge in [-0.05, 0) is 51.1 Å². The Kier molecular flexibility index (Phi) is 6.73. The summed E-state index contributed by atoms with van der Waals surface area (Å²) >= 11 is 0. The van der Waals surface area contributed by atoms with Gasteiger partial charge in [0, 0.05) is 44.8 Å². The van der Waals surface area contributed by atoms with Gasteiger partial charge in [0.1, 0.15) is 0 Å². The minimum absolute atomic E-state index is 0.145. The fourth-order valence-electron chi connectivity index (χ4n) is 3.57. The largest absolute Gasteiger partial charge is 0.352 e. The van der Waals surface area contributed by atoms with E-state index in [4.69, 9.17) is 0 Å². The first-order valence-electron chi connectivity index (χ1n) is 9.75. The molecular weight excluding hydrogens is 364 g/mol. The van der Waals surface area contributed by atoms with Crippen molar-refractivity contribution in [1.82, 2.24) is 15.1 Å². The maximum atomic E-state index is 12.4. The van der Waals surface area contributed by atoms with Crippen LogP contribution in [0.15, 0.2) is 24.3 Å². The highest BCUT2D eigenvalue weighted by Gasteiger charge is 2.28. The Labute approximate surface area is 162 Å². The Morgan fingerprint density at radius 3 is 2.59 bits per heavy atom. The van der Waals surface area contributed by atoms with E-state index in [0.717, 1.165) is 45.6 Å². The van der Waals surface area contributed by atoms with E-state index in [1.54, 1.807) is 24.3 Å². The Morgan fingerprint density at radius 2 is 1.89 bits per heavy atom. The van der Waals surface area contributed by atoms with Crippen LogP contribution in [0.4, 0.5) is 5.69 Å². The van der Waals surface area contributed by atoms with Crippen LogP contribution >= 0.6 is 0 Å². The van der Waals surface area contributed by atoms with Gasteiger partial charge < -0.3 is 15.1 Å². The Bertz CT molecular complexity index is 745. The third kappa shape index (κ3) is 5.43. The summed E-state index contributed by atoms with van der Waals surface area (Å²) in [6.45, 7) is 6.69. The molecule has 7 nitrogen and oxygen atoms in total. The minimum Gasteiger partial charge on any atom is -0.352 e. The first-order valence-corrected chi connectivity index (χ1v) is 11.4. The number of carbonyl (C=O) groups is 1. The van der Waals surface area contributed by atoms with Gasteiger partial charge in [0.25, 0.3) is 5.91 Å². The number of nitrogens with zero attached hydrogens (tertiary/aromatic N) is 3. The fraction of sp³-hybridized carbons (Fsp3) is 0.632. The van der Waals surface area contributed by atoms with Gasteiger partial charge in [-0.15, -0.1) is 0 Å². The van der Waals surface area contributed by atoms with E-state index in [1.165, 1.54) is 4.31 Å². The number of rotatable bonds is 7. The van der Waals surface area contributed by atoms with Gasteiger partial charge in [0.05, 0.1) is 11.4 Å². The molecule has 2 saturated heterocycles. The summed E-state index contributed by atoms with van der Waals surface area (Å²) in [6.07, 6.45) is 2.64. The first-order chi connectivity index (χ1) is 13.0. The smallest absolute Gasteiger partial charge is 0.251 e. The van der Waals surface area contributed by atoms with Crippen LogP contribution in [0.5, 0.6) is 0 Å². The molecule has 27 heavy (non-hydrogen) atoms. The lowest BCUT2D eigenvalue weighted by molar-refractivity contribution is 0.0952. The van der Waals surface area contributed by atoms with Crippen LogP contribution in [-0.2, 0) is 10.0 Å². The second-order valence-electron chi connectivity index (χ2n) is 7.40. The van der Waals surface area contributed by atoms with E-state index >= 15 is 0 Å². The van der Waals surface area contributed by atoms with Crippen molar-refractivity contribution in [3.8, 4) is 0 Å². The number of piperazine rings is 1. The van der Waals surface area contributed by atoms with Gasteiger partial charge in [-0.2, -0.15) is 0 Å². The highest BCUT2D eigenvalue weighted by molar-refractivity contribution is 7.93. The zero-order valence-electron chi connectivity index (χ0n) is 16.1. The molecule has 0 aromatic heterocycles. The topological polar surface area (TPSA) is 73.0 Å². The second-order valence-corrected chi connectivity index (χ2v) is 9.41. The fourth-order valence-corrected chi connectivity index (χ4v) is 5.12. The number of anilines is 1. The number of unbranched alkanes of at least 4 members (excludes halogenated alkanes) is 1. The van der Waals surface area contributed by atoms with E-state index in [1.807, 2.05) is 0 Å². The molecule has 1 N–H and O–H groups in total. The van der Waals surface area contributed by atoms with E-state index in [-0.39, 0.29) is 11.7 Å². The lowest BCUT2D eigenvalue weighted by Gasteiger charge is -2.32. The summed E-state index contributed by atoms with van der Waals surface area (Å²) in [5, 5.41) is 2.95. The average Bonchev–Trinajstić information content (AvgIpc) is 3.02. The highest BCUT2D eigenvalue weighted by Crippen LogP contribution is 2.24.